The van der Waals surface area contributed by atoms with Crippen LogP contribution in [-0.2, 0) is 4.74 Å². The zero-order valence-corrected chi connectivity index (χ0v) is 12.6. The predicted octanol–water partition coefficient (Wildman–Crippen LogP) is 2.96. The van der Waals surface area contributed by atoms with Crippen molar-refractivity contribution in [2.24, 2.45) is 0 Å². The molecule has 112 valence electrons. The van der Waals surface area contributed by atoms with Crippen molar-refractivity contribution in [1.82, 2.24) is 15.3 Å². The molecule has 0 bridgehead atoms. The molecule has 0 spiro atoms. The van der Waals surface area contributed by atoms with E-state index in [9.17, 15) is 9.59 Å². The highest BCUT2D eigenvalue weighted by molar-refractivity contribution is 5.85. The number of pyridine rings is 1. The molecule has 0 fully saturated rings. The average molecular weight is 289 g/mol. The highest BCUT2D eigenvalue weighted by Gasteiger charge is 2.19. The van der Waals surface area contributed by atoms with Gasteiger partial charge in [0.1, 0.15) is 11.2 Å². The van der Waals surface area contributed by atoms with Crippen LogP contribution in [0.25, 0.3) is 11.0 Å². The lowest BCUT2D eigenvalue weighted by Crippen LogP contribution is -2.34. The van der Waals surface area contributed by atoms with E-state index < -0.39 is 11.7 Å². The number of hydrogen-bond donors (Lipinski definition) is 2. The molecule has 6 nitrogen and oxygen atoms in total. The number of aldehydes is 1. The molecule has 2 N–H and O–H groups in total. The molecule has 1 unspecified atom stereocenters. The molecule has 6 heteroatoms. The minimum absolute atomic E-state index is 0.299. The zero-order valence-electron chi connectivity index (χ0n) is 12.6. The van der Waals surface area contributed by atoms with Gasteiger partial charge in [-0.05, 0) is 45.9 Å². The zero-order chi connectivity index (χ0) is 15.6. The van der Waals surface area contributed by atoms with Gasteiger partial charge in [0.15, 0.2) is 6.29 Å². The summed E-state index contributed by atoms with van der Waals surface area (Å²) in [4.78, 5) is 29.8. The average Bonchev–Trinajstić information content (AvgIpc) is 2.77. The first kappa shape index (κ1) is 15.0. The van der Waals surface area contributed by atoms with E-state index in [1.807, 2.05) is 19.1 Å². The van der Waals surface area contributed by atoms with E-state index in [0.717, 1.165) is 11.7 Å². The number of H-pyrrole nitrogens is 1. The van der Waals surface area contributed by atoms with Crippen LogP contribution in [0.2, 0.25) is 0 Å². The number of ether oxygens (including phenoxy) is 1. The maximum Gasteiger partial charge on any atom is 0.408 e. The second-order valence-corrected chi connectivity index (χ2v) is 5.88. The number of hydrogen-bond acceptors (Lipinski definition) is 4. The van der Waals surface area contributed by atoms with Crippen LogP contribution in [-0.4, -0.2) is 27.9 Å². The van der Waals surface area contributed by atoms with Crippen LogP contribution in [0.1, 0.15) is 49.9 Å². The third-order valence-electron chi connectivity index (χ3n) is 2.83. The molecule has 1 amide bonds. The molecule has 0 saturated carbocycles. The normalized spacial score (nSPS) is 13.0. The summed E-state index contributed by atoms with van der Waals surface area (Å²) in [5.41, 5.74) is 1.24. The summed E-state index contributed by atoms with van der Waals surface area (Å²) in [7, 11) is 0. The molecule has 21 heavy (non-hydrogen) atoms. The first-order valence-electron chi connectivity index (χ1n) is 6.73. The van der Waals surface area contributed by atoms with E-state index in [1.165, 1.54) is 0 Å². The highest BCUT2D eigenvalue weighted by Crippen LogP contribution is 2.17. The van der Waals surface area contributed by atoms with Crippen LogP contribution in [0.4, 0.5) is 4.79 Å². The van der Waals surface area contributed by atoms with Crippen LogP contribution < -0.4 is 5.32 Å². The van der Waals surface area contributed by atoms with Crippen molar-refractivity contribution in [2.75, 3.05) is 0 Å². The first-order valence-corrected chi connectivity index (χ1v) is 6.73. The van der Waals surface area contributed by atoms with E-state index in [4.69, 9.17) is 4.74 Å². The van der Waals surface area contributed by atoms with Gasteiger partial charge in [-0.15, -0.1) is 0 Å². The minimum Gasteiger partial charge on any atom is -0.444 e. The number of carbonyl (C=O) groups is 2. The van der Waals surface area contributed by atoms with Gasteiger partial charge in [0.2, 0.25) is 0 Å². The summed E-state index contributed by atoms with van der Waals surface area (Å²) in [6, 6.07) is 5.10. The lowest BCUT2D eigenvalue weighted by Gasteiger charge is -2.21. The lowest BCUT2D eigenvalue weighted by atomic mass is 10.2. The molecular formula is C15H19N3O3. The van der Waals surface area contributed by atoms with Crippen molar-refractivity contribution < 1.29 is 14.3 Å². The van der Waals surface area contributed by atoms with Gasteiger partial charge >= 0.3 is 6.09 Å². The largest absolute Gasteiger partial charge is 0.444 e. The fourth-order valence-corrected chi connectivity index (χ4v) is 1.90. The Morgan fingerprint density at radius 1 is 1.43 bits per heavy atom. The molecule has 2 aromatic heterocycles. The molecule has 0 aliphatic heterocycles. The van der Waals surface area contributed by atoms with Crippen molar-refractivity contribution in [2.45, 2.75) is 39.3 Å². The highest BCUT2D eigenvalue weighted by atomic mass is 16.6. The number of fused-ring (bicyclic) bond motifs is 1. The van der Waals surface area contributed by atoms with Gasteiger partial charge in [0, 0.05) is 5.39 Å². The fraction of sp³-hybridized carbons (Fsp3) is 0.400. The maximum atomic E-state index is 11.7. The Morgan fingerprint density at radius 3 is 2.76 bits per heavy atom. The van der Waals surface area contributed by atoms with E-state index in [1.54, 1.807) is 26.8 Å². The van der Waals surface area contributed by atoms with Crippen molar-refractivity contribution in [1.29, 1.82) is 0 Å². The molecule has 1 atom stereocenters. The smallest absolute Gasteiger partial charge is 0.408 e. The topological polar surface area (TPSA) is 84.1 Å². The molecule has 2 aromatic rings. The Morgan fingerprint density at radius 2 is 2.14 bits per heavy atom. The van der Waals surface area contributed by atoms with E-state index in [-0.39, 0.29) is 6.04 Å². The Balaban J connectivity index is 2.13. The fourth-order valence-electron chi connectivity index (χ4n) is 1.90. The van der Waals surface area contributed by atoms with Crippen molar-refractivity contribution in [3.8, 4) is 0 Å². The number of nitrogens with one attached hydrogen (secondary N) is 2. The monoisotopic (exact) mass is 289 g/mol. The Bertz CT molecular complexity index is 670. The second kappa shape index (κ2) is 5.55. The number of carbonyl (C=O) groups excluding carboxylic acids is 2. The third kappa shape index (κ3) is 3.81. The summed E-state index contributed by atoms with van der Waals surface area (Å²) in [5.74, 6) is 0. The number of nitrogens with zero attached hydrogens (tertiary/aromatic N) is 1. The van der Waals surface area contributed by atoms with Gasteiger partial charge in [-0.2, -0.15) is 0 Å². The van der Waals surface area contributed by atoms with Gasteiger partial charge in [-0.25, -0.2) is 9.78 Å². The van der Waals surface area contributed by atoms with Gasteiger partial charge in [-0.1, -0.05) is 0 Å². The van der Waals surface area contributed by atoms with Crippen LogP contribution in [0.5, 0.6) is 0 Å². The third-order valence-corrected chi connectivity index (χ3v) is 2.83. The van der Waals surface area contributed by atoms with Crippen LogP contribution in [0.15, 0.2) is 18.2 Å². The van der Waals surface area contributed by atoms with Gasteiger partial charge in [0.25, 0.3) is 0 Å². The molecule has 0 aromatic carbocycles. The summed E-state index contributed by atoms with van der Waals surface area (Å²) in [5, 5.41) is 3.58. The number of aromatic amines is 1. The summed E-state index contributed by atoms with van der Waals surface area (Å²) in [6.07, 6.45) is 0.251. The molecular weight excluding hydrogens is 270 g/mol. The molecule has 0 saturated heterocycles. The summed E-state index contributed by atoms with van der Waals surface area (Å²) >= 11 is 0. The van der Waals surface area contributed by atoms with Gasteiger partial charge < -0.3 is 15.0 Å². The Labute approximate surface area is 122 Å². The van der Waals surface area contributed by atoms with Gasteiger partial charge in [0.05, 0.1) is 17.4 Å². The van der Waals surface area contributed by atoms with Crippen LogP contribution in [0.3, 0.4) is 0 Å². The van der Waals surface area contributed by atoms with E-state index in [0.29, 0.717) is 17.0 Å². The van der Waals surface area contributed by atoms with Crippen molar-refractivity contribution in [3.63, 3.8) is 0 Å². The summed E-state index contributed by atoms with van der Waals surface area (Å²) in [6.45, 7) is 7.24. The van der Waals surface area contributed by atoms with Crippen LogP contribution in [0, 0.1) is 0 Å². The Kier molecular flexibility index (Phi) is 3.97. The van der Waals surface area contributed by atoms with E-state index in [2.05, 4.69) is 15.3 Å². The number of rotatable bonds is 3. The molecule has 0 aliphatic carbocycles. The van der Waals surface area contributed by atoms with Gasteiger partial charge in [-0.3, -0.25) is 4.79 Å². The minimum atomic E-state index is -0.542. The second-order valence-electron chi connectivity index (χ2n) is 5.88. The number of aromatic nitrogens is 2. The lowest BCUT2D eigenvalue weighted by molar-refractivity contribution is 0.0507. The standard InChI is InChI=1S/C15H19N3O3/c1-9(16-14(20)21-15(2,3)4)12-6-5-10-7-11(8-19)17-13(10)18-12/h5-9H,1-4H3,(H,16,20)(H,17,18). The number of alkyl carbamates (subject to hydrolysis) is 1. The number of amides is 1. The molecule has 2 rings (SSSR count). The van der Waals surface area contributed by atoms with Crippen LogP contribution >= 0.6 is 0 Å². The summed E-state index contributed by atoms with van der Waals surface area (Å²) < 4.78 is 5.21. The van der Waals surface area contributed by atoms with E-state index >= 15 is 0 Å². The first-order chi connectivity index (χ1) is 9.78. The quantitative estimate of drug-likeness (QED) is 0.851. The van der Waals surface area contributed by atoms with Crippen molar-refractivity contribution in [3.05, 3.63) is 29.6 Å². The molecule has 0 radical (unpaired) electrons. The molecule has 2 heterocycles. The maximum absolute atomic E-state index is 11.7. The SMILES string of the molecule is CC(NC(=O)OC(C)(C)C)c1ccc2cc(C=O)[nH]c2n1. The Hall–Kier alpha value is -2.37. The molecule has 0 aliphatic rings. The van der Waals surface area contributed by atoms with Crippen molar-refractivity contribution >= 4 is 23.4 Å². The predicted molar refractivity (Wildman–Crippen MR) is 79.3 cm³/mol.